The van der Waals surface area contributed by atoms with E-state index in [2.05, 4.69) is 23.7 Å². The third-order valence-electron chi connectivity index (χ3n) is 3.95. The lowest BCUT2D eigenvalue weighted by Gasteiger charge is -2.36. The van der Waals surface area contributed by atoms with E-state index in [1.807, 2.05) is 25.2 Å². The number of hydrogen-bond donors (Lipinski definition) is 1. The second-order valence-corrected chi connectivity index (χ2v) is 5.41. The van der Waals surface area contributed by atoms with Gasteiger partial charge in [0.1, 0.15) is 6.61 Å². The highest BCUT2D eigenvalue weighted by Gasteiger charge is 2.24. The molecule has 1 N–H and O–H groups in total. The van der Waals surface area contributed by atoms with Crippen molar-refractivity contribution in [1.29, 1.82) is 0 Å². The first-order chi connectivity index (χ1) is 10.2. The van der Waals surface area contributed by atoms with Crippen LogP contribution in [0.3, 0.4) is 0 Å². The van der Waals surface area contributed by atoms with Crippen molar-refractivity contribution >= 4 is 17.3 Å². The Hall–Kier alpha value is -1.97. The van der Waals surface area contributed by atoms with Crippen LogP contribution in [0.4, 0.5) is 11.4 Å². The van der Waals surface area contributed by atoms with Gasteiger partial charge in [0.05, 0.1) is 11.3 Å². The molecule has 0 spiro atoms. The first kappa shape index (κ1) is 15.4. The number of hydrogen-bond acceptors (Lipinski definition) is 4. The predicted molar refractivity (Wildman–Crippen MR) is 87.1 cm³/mol. The molecule has 4 nitrogen and oxygen atoms in total. The Balaban J connectivity index is 2.34. The van der Waals surface area contributed by atoms with Gasteiger partial charge in [-0.2, -0.15) is 0 Å². The molecule has 1 fully saturated rings. The highest BCUT2D eigenvalue weighted by molar-refractivity contribution is 5.97. The average Bonchev–Trinajstić information content (AvgIpc) is 2.52. The number of nitrogens with zero attached hydrogens (tertiary/aromatic N) is 1. The first-order valence-electron chi connectivity index (χ1n) is 7.54. The Bertz CT molecular complexity index is 514. The zero-order valence-corrected chi connectivity index (χ0v) is 12.9. The minimum absolute atomic E-state index is 0.234. The van der Waals surface area contributed by atoms with Gasteiger partial charge in [0, 0.05) is 25.3 Å². The molecule has 0 unspecified atom stereocenters. The fraction of sp³-hybridized carbons (Fsp3) is 0.471. The van der Waals surface area contributed by atoms with Crippen LogP contribution in [0.2, 0.25) is 0 Å². The topological polar surface area (TPSA) is 41.6 Å². The van der Waals surface area contributed by atoms with Gasteiger partial charge < -0.3 is 15.0 Å². The molecule has 1 heterocycles. The number of carbonyl (C=O) groups excluding carboxylic acids is 1. The minimum Gasteiger partial charge on any atom is -0.458 e. The number of carbonyl (C=O) groups is 1. The van der Waals surface area contributed by atoms with Crippen molar-refractivity contribution < 1.29 is 9.53 Å². The molecule has 1 aliphatic rings. The van der Waals surface area contributed by atoms with Crippen LogP contribution in [0, 0.1) is 0 Å². The van der Waals surface area contributed by atoms with Crippen LogP contribution >= 0.6 is 0 Å². The van der Waals surface area contributed by atoms with Crippen molar-refractivity contribution in [1.82, 2.24) is 0 Å². The molecule has 0 saturated carbocycles. The third kappa shape index (κ3) is 3.57. The lowest BCUT2D eigenvalue weighted by atomic mass is 10.0. The Morgan fingerprint density at radius 1 is 1.52 bits per heavy atom. The largest absolute Gasteiger partial charge is 0.458 e. The molecule has 2 rings (SSSR count). The Labute approximate surface area is 126 Å². The van der Waals surface area contributed by atoms with Crippen LogP contribution in [-0.2, 0) is 4.74 Å². The summed E-state index contributed by atoms with van der Waals surface area (Å²) in [5.41, 5.74) is 2.50. The van der Waals surface area contributed by atoms with E-state index >= 15 is 0 Å². The number of nitrogens with one attached hydrogen (secondary N) is 1. The molecular weight excluding hydrogens is 264 g/mol. The van der Waals surface area contributed by atoms with Crippen LogP contribution in [0.5, 0.6) is 0 Å². The molecule has 1 saturated heterocycles. The molecule has 4 heteroatoms. The molecule has 21 heavy (non-hydrogen) atoms. The average molecular weight is 288 g/mol. The maximum Gasteiger partial charge on any atom is 0.340 e. The van der Waals surface area contributed by atoms with E-state index in [4.69, 9.17) is 4.74 Å². The number of piperidine rings is 1. The smallest absolute Gasteiger partial charge is 0.340 e. The molecule has 0 aromatic heterocycles. The minimum atomic E-state index is -0.292. The van der Waals surface area contributed by atoms with Crippen LogP contribution in [0.1, 0.15) is 36.5 Å². The lowest BCUT2D eigenvalue weighted by Crippen LogP contribution is -2.38. The summed E-state index contributed by atoms with van der Waals surface area (Å²) in [4.78, 5) is 14.6. The Kier molecular flexibility index (Phi) is 5.26. The lowest BCUT2D eigenvalue weighted by molar-refractivity contribution is 0.0550. The summed E-state index contributed by atoms with van der Waals surface area (Å²) in [6.45, 7) is 7.02. The molecule has 0 amide bonds. The van der Waals surface area contributed by atoms with Crippen LogP contribution in [0.25, 0.3) is 0 Å². The Morgan fingerprint density at radius 2 is 2.33 bits per heavy atom. The van der Waals surface area contributed by atoms with E-state index in [9.17, 15) is 4.79 Å². The highest BCUT2D eigenvalue weighted by Crippen LogP contribution is 2.30. The normalized spacial score (nSPS) is 18.2. The number of benzene rings is 1. The fourth-order valence-electron chi connectivity index (χ4n) is 2.77. The van der Waals surface area contributed by atoms with Crippen molar-refractivity contribution in [3.8, 4) is 0 Å². The molecule has 1 aliphatic heterocycles. The van der Waals surface area contributed by atoms with Crippen molar-refractivity contribution in [2.24, 2.45) is 0 Å². The molecule has 114 valence electrons. The van der Waals surface area contributed by atoms with Gasteiger partial charge >= 0.3 is 5.97 Å². The van der Waals surface area contributed by atoms with Crippen LogP contribution in [0.15, 0.2) is 30.9 Å². The third-order valence-corrected chi connectivity index (χ3v) is 3.95. The van der Waals surface area contributed by atoms with E-state index in [-0.39, 0.29) is 12.6 Å². The molecule has 1 aromatic rings. The van der Waals surface area contributed by atoms with Crippen LogP contribution in [-0.4, -0.2) is 32.2 Å². The van der Waals surface area contributed by atoms with Crippen molar-refractivity contribution in [2.75, 3.05) is 30.4 Å². The second kappa shape index (κ2) is 7.16. The predicted octanol–water partition coefficient (Wildman–Crippen LogP) is 3.45. The standard InChI is InChI=1S/C17H24N2O2/c1-4-11-21-17(20)15-12-14(18-3)8-9-16(15)19-10-6-5-7-13(19)2/h4,8-9,12-13,18H,1,5-7,10-11H2,2-3H3/t13-/m1/s1. The van der Waals surface area contributed by atoms with Gasteiger partial charge in [0.25, 0.3) is 0 Å². The number of esters is 1. The molecule has 0 radical (unpaired) electrons. The van der Waals surface area contributed by atoms with Gasteiger partial charge in [0.15, 0.2) is 0 Å². The summed E-state index contributed by atoms with van der Waals surface area (Å²) in [6.07, 6.45) is 5.17. The second-order valence-electron chi connectivity index (χ2n) is 5.41. The molecule has 1 aromatic carbocycles. The zero-order chi connectivity index (χ0) is 15.2. The molecule has 0 aliphatic carbocycles. The summed E-state index contributed by atoms with van der Waals surface area (Å²) >= 11 is 0. The summed E-state index contributed by atoms with van der Waals surface area (Å²) in [5.74, 6) is -0.292. The molecule has 1 atom stereocenters. The zero-order valence-electron chi connectivity index (χ0n) is 12.9. The molecule has 0 bridgehead atoms. The van der Waals surface area contributed by atoms with Gasteiger partial charge in [-0.1, -0.05) is 12.7 Å². The first-order valence-corrected chi connectivity index (χ1v) is 7.54. The van der Waals surface area contributed by atoms with Gasteiger partial charge in [-0.3, -0.25) is 0 Å². The van der Waals surface area contributed by atoms with Gasteiger partial charge in [-0.05, 0) is 44.4 Å². The number of rotatable bonds is 5. The monoisotopic (exact) mass is 288 g/mol. The van der Waals surface area contributed by atoms with Crippen LogP contribution < -0.4 is 10.2 Å². The van der Waals surface area contributed by atoms with E-state index in [1.165, 1.54) is 12.8 Å². The highest BCUT2D eigenvalue weighted by atomic mass is 16.5. The van der Waals surface area contributed by atoms with E-state index in [1.54, 1.807) is 6.08 Å². The summed E-state index contributed by atoms with van der Waals surface area (Å²) in [5, 5.41) is 3.07. The van der Waals surface area contributed by atoms with Crippen molar-refractivity contribution in [3.05, 3.63) is 36.4 Å². The van der Waals surface area contributed by atoms with Crippen molar-refractivity contribution in [2.45, 2.75) is 32.2 Å². The number of ether oxygens (including phenoxy) is 1. The quantitative estimate of drug-likeness (QED) is 0.665. The molecular formula is C17H24N2O2. The van der Waals surface area contributed by atoms with Gasteiger partial charge in [-0.15, -0.1) is 0 Å². The van der Waals surface area contributed by atoms with E-state index in [0.717, 1.165) is 24.3 Å². The van der Waals surface area contributed by atoms with E-state index in [0.29, 0.717) is 11.6 Å². The summed E-state index contributed by atoms with van der Waals surface area (Å²) in [6, 6.07) is 6.33. The summed E-state index contributed by atoms with van der Waals surface area (Å²) in [7, 11) is 1.84. The Morgan fingerprint density at radius 3 is 3.00 bits per heavy atom. The van der Waals surface area contributed by atoms with Gasteiger partial charge in [-0.25, -0.2) is 4.79 Å². The maximum absolute atomic E-state index is 12.3. The summed E-state index contributed by atoms with van der Waals surface area (Å²) < 4.78 is 5.23. The maximum atomic E-state index is 12.3. The SMILES string of the molecule is C=CCOC(=O)c1cc(NC)ccc1N1CCCC[C@H]1C. The van der Waals surface area contributed by atoms with E-state index < -0.39 is 0 Å². The number of anilines is 2. The van der Waals surface area contributed by atoms with Gasteiger partial charge in [0.2, 0.25) is 0 Å². The fourth-order valence-corrected chi connectivity index (χ4v) is 2.77. The van der Waals surface area contributed by atoms with Crippen molar-refractivity contribution in [3.63, 3.8) is 0 Å².